The van der Waals surface area contributed by atoms with Crippen molar-refractivity contribution in [1.82, 2.24) is 9.13 Å². The van der Waals surface area contributed by atoms with Crippen LogP contribution in [-0.4, -0.2) is 27.8 Å². The Morgan fingerprint density at radius 3 is 2.44 bits per heavy atom. The maximum atomic E-state index is 12.9. The van der Waals surface area contributed by atoms with Crippen molar-refractivity contribution < 1.29 is 9.66 Å². The van der Waals surface area contributed by atoms with Gasteiger partial charge in [-0.05, 0) is 23.8 Å². The van der Waals surface area contributed by atoms with Crippen LogP contribution in [0.4, 0.5) is 11.4 Å². The molecule has 27 heavy (non-hydrogen) atoms. The normalized spacial score (nSPS) is 11.0. The Morgan fingerprint density at radius 1 is 1.11 bits per heavy atom. The third-order valence-electron chi connectivity index (χ3n) is 4.26. The number of rotatable bonds is 6. The zero-order valence-corrected chi connectivity index (χ0v) is 14.6. The average Bonchev–Trinajstić information content (AvgIpc) is 2.65. The summed E-state index contributed by atoms with van der Waals surface area (Å²) >= 11 is 0. The standard InChI is InChI=1S/C18H18N4O5/c1-27-9-8-20-17(23)15-10-13(19)4-7-16(15)21(18(20)24)11-12-2-5-14(6-3-12)22(25)26/h2-7,10H,8-9,11,19H2,1H3. The number of ether oxygens (including phenoxy) is 1. The minimum atomic E-state index is -0.487. The van der Waals surface area contributed by atoms with Crippen LogP contribution >= 0.6 is 0 Å². The molecule has 0 bridgehead atoms. The summed E-state index contributed by atoms with van der Waals surface area (Å²) in [5.41, 5.74) is 6.42. The lowest BCUT2D eigenvalue weighted by Crippen LogP contribution is -2.41. The maximum Gasteiger partial charge on any atom is 0.331 e. The number of nitrogens with two attached hydrogens (primary N) is 1. The number of nitrogens with zero attached hydrogens (tertiary/aromatic N) is 3. The summed E-state index contributed by atoms with van der Waals surface area (Å²) in [6.07, 6.45) is 0. The molecule has 0 amide bonds. The molecule has 0 spiro atoms. The molecule has 0 saturated heterocycles. The maximum absolute atomic E-state index is 12.9. The van der Waals surface area contributed by atoms with E-state index >= 15 is 0 Å². The zero-order valence-electron chi connectivity index (χ0n) is 14.6. The number of nitro benzene ring substituents is 1. The van der Waals surface area contributed by atoms with E-state index in [0.29, 0.717) is 22.2 Å². The molecule has 0 aliphatic carbocycles. The van der Waals surface area contributed by atoms with Gasteiger partial charge < -0.3 is 10.5 Å². The first-order valence-corrected chi connectivity index (χ1v) is 8.17. The van der Waals surface area contributed by atoms with Crippen molar-refractivity contribution in [2.24, 2.45) is 0 Å². The van der Waals surface area contributed by atoms with Gasteiger partial charge in [0, 0.05) is 24.9 Å². The molecule has 140 valence electrons. The summed E-state index contributed by atoms with van der Waals surface area (Å²) in [6, 6.07) is 10.7. The second kappa shape index (κ2) is 7.42. The van der Waals surface area contributed by atoms with Gasteiger partial charge in [-0.15, -0.1) is 0 Å². The number of methoxy groups -OCH3 is 1. The summed E-state index contributed by atoms with van der Waals surface area (Å²) in [5, 5.41) is 11.1. The van der Waals surface area contributed by atoms with E-state index in [-0.39, 0.29) is 25.4 Å². The van der Waals surface area contributed by atoms with Crippen LogP contribution in [-0.2, 0) is 17.8 Å². The van der Waals surface area contributed by atoms with Crippen LogP contribution in [0.3, 0.4) is 0 Å². The molecule has 2 aromatic carbocycles. The van der Waals surface area contributed by atoms with Gasteiger partial charge >= 0.3 is 5.69 Å². The van der Waals surface area contributed by atoms with E-state index in [0.717, 1.165) is 4.57 Å². The number of fused-ring (bicyclic) bond motifs is 1. The number of aromatic nitrogens is 2. The highest BCUT2D eigenvalue weighted by molar-refractivity contribution is 5.81. The van der Waals surface area contributed by atoms with Crippen LogP contribution in [0.25, 0.3) is 10.9 Å². The van der Waals surface area contributed by atoms with Crippen LogP contribution in [0.1, 0.15) is 5.56 Å². The number of non-ortho nitro benzene ring substituents is 1. The summed E-state index contributed by atoms with van der Waals surface area (Å²) in [6.45, 7) is 0.476. The number of benzene rings is 2. The summed E-state index contributed by atoms with van der Waals surface area (Å²) in [4.78, 5) is 35.9. The van der Waals surface area contributed by atoms with Gasteiger partial charge in [0.25, 0.3) is 11.2 Å². The molecular formula is C18H18N4O5. The van der Waals surface area contributed by atoms with Crippen LogP contribution in [0.2, 0.25) is 0 Å². The fraction of sp³-hybridized carbons (Fsp3) is 0.222. The lowest BCUT2D eigenvalue weighted by atomic mass is 10.1. The van der Waals surface area contributed by atoms with E-state index in [2.05, 4.69) is 0 Å². The van der Waals surface area contributed by atoms with E-state index in [4.69, 9.17) is 10.5 Å². The molecular weight excluding hydrogens is 352 g/mol. The van der Waals surface area contributed by atoms with Gasteiger partial charge in [0.15, 0.2) is 0 Å². The Hall–Kier alpha value is -3.46. The quantitative estimate of drug-likeness (QED) is 0.397. The molecule has 0 radical (unpaired) electrons. The molecule has 0 aliphatic rings. The number of nitrogen functional groups attached to an aromatic ring is 1. The SMILES string of the molecule is COCCn1c(=O)c2cc(N)ccc2n(Cc2ccc([N+](=O)[O-])cc2)c1=O. The van der Waals surface area contributed by atoms with Crippen molar-refractivity contribution in [2.75, 3.05) is 19.5 Å². The van der Waals surface area contributed by atoms with E-state index in [9.17, 15) is 19.7 Å². The minimum absolute atomic E-state index is 0.0335. The van der Waals surface area contributed by atoms with Gasteiger partial charge in [0.2, 0.25) is 0 Å². The zero-order chi connectivity index (χ0) is 19.6. The molecule has 3 rings (SSSR count). The third-order valence-corrected chi connectivity index (χ3v) is 4.26. The van der Waals surface area contributed by atoms with Crippen molar-refractivity contribution in [3.05, 3.63) is 79.0 Å². The molecule has 9 heteroatoms. The fourth-order valence-electron chi connectivity index (χ4n) is 2.88. The Morgan fingerprint density at radius 2 is 1.81 bits per heavy atom. The van der Waals surface area contributed by atoms with Gasteiger partial charge in [0.1, 0.15) is 0 Å². The second-order valence-electron chi connectivity index (χ2n) is 6.02. The molecule has 9 nitrogen and oxygen atoms in total. The van der Waals surface area contributed by atoms with Crippen molar-refractivity contribution in [3.63, 3.8) is 0 Å². The van der Waals surface area contributed by atoms with Crippen molar-refractivity contribution in [3.8, 4) is 0 Å². The topological polar surface area (TPSA) is 122 Å². The molecule has 0 aliphatic heterocycles. The number of hydrogen-bond acceptors (Lipinski definition) is 6. The molecule has 0 saturated carbocycles. The van der Waals surface area contributed by atoms with Gasteiger partial charge in [-0.1, -0.05) is 12.1 Å². The van der Waals surface area contributed by atoms with E-state index < -0.39 is 16.2 Å². The Kier molecular flexibility index (Phi) is 5.04. The second-order valence-corrected chi connectivity index (χ2v) is 6.02. The minimum Gasteiger partial charge on any atom is -0.399 e. The number of anilines is 1. The highest BCUT2D eigenvalue weighted by Crippen LogP contribution is 2.16. The first-order chi connectivity index (χ1) is 12.9. The van der Waals surface area contributed by atoms with Crippen molar-refractivity contribution in [2.45, 2.75) is 13.1 Å². The Balaban J connectivity index is 2.16. The third kappa shape index (κ3) is 3.58. The largest absolute Gasteiger partial charge is 0.399 e. The smallest absolute Gasteiger partial charge is 0.331 e. The van der Waals surface area contributed by atoms with Gasteiger partial charge in [-0.2, -0.15) is 0 Å². The predicted molar refractivity (Wildman–Crippen MR) is 101 cm³/mol. The molecule has 0 unspecified atom stereocenters. The predicted octanol–water partition coefficient (Wildman–Crippen LogP) is 1.35. The fourth-order valence-corrected chi connectivity index (χ4v) is 2.88. The van der Waals surface area contributed by atoms with E-state index in [1.54, 1.807) is 24.3 Å². The molecule has 1 aromatic heterocycles. The first kappa shape index (κ1) is 18.3. The van der Waals surface area contributed by atoms with Crippen LogP contribution in [0, 0.1) is 10.1 Å². The van der Waals surface area contributed by atoms with Crippen molar-refractivity contribution in [1.29, 1.82) is 0 Å². The number of hydrogen-bond donors (Lipinski definition) is 1. The first-order valence-electron chi connectivity index (χ1n) is 8.17. The molecule has 0 atom stereocenters. The van der Waals surface area contributed by atoms with Crippen molar-refractivity contribution >= 4 is 22.3 Å². The monoisotopic (exact) mass is 370 g/mol. The van der Waals surface area contributed by atoms with Gasteiger partial charge in [-0.25, -0.2) is 4.79 Å². The Labute approximate surface area is 153 Å². The highest BCUT2D eigenvalue weighted by atomic mass is 16.6. The van der Waals surface area contributed by atoms with Crippen LogP contribution in [0.15, 0.2) is 52.1 Å². The number of nitro groups is 1. The van der Waals surface area contributed by atoms with Crippen LogP contribution < -0.4 is 17.0 Å². The van der Waals surface area contributed by atoms with E-state index in [1.165, 1.54) is 29.9 Å². The summed E-state index contributed by atoms with van der Waals surface area (Å²) < 4.78 is 7.55. The van der Waals surface area contributed by atoms with Gasteiger partial charge in [-0.3, -0.25) is 24.0 Å². The Bertz CT molecular complexity index is 1120. The lowest BCUT2D eigenvalue weighted by Gasteiger charge is -2.14. The average molecular weight is 370 g/mol. The summed E-state index contributed by atoms with van der Waals surface area (Å²) in [7, 11) is 1.49. The molecule has 0 fully saturated rings. The molecule has 1 heterocycles. The molecule has 2 N–H and O–H groups in total. The lowest BCUT2D eigenvalue weighted by molar-refractivity contribution is -0.384. The van der Waals surface area contributed by atoms with E-state index in [1.807, 2.05) is 0 Å². The highest BCUT2D eigenvalue weighted by Gasteiger charge is 2.14. The molecule has 3 aromatic rings. The van der Waals surface area contributed by atoms with Gasteiger partial charge in [0.05, 0.1) is 35.5 Å². The van der Waals surface area contributed by atoms with Crippen LogP contribution in [0.5, 0.6) is 0 Å². The summed E-state index contributed by atoms with van der Waals surface area (Å²) in [5.74, 6) is 0.